The predicted octanol–water partition coefficient (Wildman–Crippen LogP) is 2.81. The van der Waals surface area contributed by atoms with Gasteiger partial charge in [0.25, 0.3) is 5.91 Å². The van der Waals surface area contributed by atoms with E-state index in [4.69, 9.17) is 17.3 Å². The number of nitrogens with two attached hydrogens (primary N) is 1. The minimum atomic E-state index is -0.208. The molecule has 1 atom stereocenters. The number of hydrogen-bond acceptors (Lipinski definition) is 3. The van der Waals surface area contributed by atoms with Crippen molar-refractivity contribution < 1.29 is 4.79 Å². The van der Waals surface area contributed by atoms with Gasteiger partial charge in [-0.2, -0.15) is 0 Å². The Balaban J connectivity index is 2.11. The van der Waals surface area contributed by atoms with Gasteiger partial charge < -0.3 is 11.1 Å². The van der Waals surface area contributed by atoms with Crippen LogP contribution in [0, 0.1) is 0 Å². The minimum absolute atomic E-state index is 0.176. The molecule has 0 aliphatic heterocycles. The van der Waals surface area contributed by atoms with Gasteiger partial charge in [-0.15, -0.1) is 0 Å². The van der Waals surface area contributed by atoms with Crippen molar-refractivity contribution in [1.82, 2.24) is 10.3 Å². The Morgan fingerprint density at radius 1 is 1.37 bits per heavy atom. The van der Waals surface area contributed by atoms with Gasteiger partial charge in [-0.3, -0.25) is 9.78 Å². The number of carbonyl (C=O) groups is 1. The first-order valence-corrected chi connectivity index (χ1v) is 6.22. The van der Waals surface area contributed by atoms with Gasteiger partial charge in [-0.1, -0.05) is 17.7 Å². The molecule has 0 spiro atoms. The Morgan fingerprint density at radius 2 is 2.16 bits per heavy atom. The normalized spacial score (nSPS) is 11.9. The van der Waals surface area contributed by atoms with Crippen LogP contribution in [0.1, 0.15) is 29.0 Å². The molecule has 1 aromatic carbocycles. The van der Waals surface area contributed by atoms with Crippen molar-refractivity contribution in [3.8, 4) is 0 Å². The van der Waals surface area contributed by atoms with Crippen LogP contribution in [0.3, 0.4) is 0 Å². The molecule has 2 aromatic rings. The second kappa shape index (κ2) is 5.71. The largest absolute Gasteiger partial charge is 0.398 e. The first-order valence-electron chi connectivity index (χ1n) is 5.84. The molecule has 2 rings (SSSR count). The van der Waals surface area contributed by atoms with Crippen LogP contribution in [-0.4, -0.2) is 10.9 Å². The maximum Gasteiger partial charge on any atom is 0.251 e. The molecule has 0 aliphatic carbocycles. The summed E-state index contributed by atoms with van der Waals surface area (Å²) in [7, 11) is 0. The SMILES string of the molecule is C[C@@H](NC(=O)c1ccc(N)c(Cl)c1)c1ccccn1. The lowest BCUT2D eigenvalue weighted by molar-refractivity contribution is 0.0939. The Labute approximate surface area is 116 Å². The third-order valence-electron chi connectivity index (χ3n) is 2.74. The van der Waals surface area contributed by atoms with Crippen LogP contribution < -0.4 is 11.1 Å². The van der Waals surface area contributed by atoms with Crippen molar-refractivity contribution in [1.29, 1.82) is 0 Å². The van der Waals surface area contributed by atoms with Gasteiger partial charge in [0.1, 0.15) is 0 Å². The van der Waals surface area contributed by atoms with E-state index in [0.29, 0.717) is 16.3 Å². The van der Waals surface area contributed by atoms with Crippen LogP contribution in [0.4, 0.5) is 5.69 Å². The van der Waals surface area contributed by atoms with Crippen molar-refractivity contribution in [2.75, 3.05) is 5.73 Å². The fourth-order valence-corrected chi connectivity index (χ4v) is 1.83. The zero-order valence-corrected chi connectivity index (χ0v) is 11.2. The van der Waals surface area contributed by atoms with E-state index >= 15 is 0 Å². The Morgan fingerprint density at radius 3 is 2.79 bits per heavy atom. The zero-order valence-electron chi connectivity index (χ0n) is 10.4. The molecule has 1 aromatic heterocycles. The highest BCUT2D eigenvalue weighted by molar-refractivity contribution is 6.33. The van der Waals surface area contributed by atoms with Crippen LogP contribution in [0.15, 0.2) is 42.6 Å². The smallest absolute Gasteiger partial charge is 0.251 e. The molecule has 0 aliphatic rings. The van der Waals surface area contributed by atoms with Gasteiger partial charge in [0, 0.05) is 11.8 Å². The molecular weight excluding hydrogens is 262 g/mol. The molecule has 0 saturated carbocycles. The van der Waals surface area contributed by atoms with E-state index in [1.165, 1.54) is 0 Å². The number of amides is 1. The number of nitrogen functional groups attached to an aromatic ring is 1. The molecule has 1 amide bonds. The zero-order chi connectivity index (χ0) is 13.8. The molecule has 0 fully saturated rings. The monoisotopic (exact) mass is 275 g/mol. The van der Waals surface area contributed by atoms with E-state index < -0.39 is 0 Å². The molecule has 0 radical (unpaired) electrons. The highest BCUT2D eigenvalue weighted by Gasteiger charge is 2.12. The maximum absolute atomic E-state index is 12.1. The summed E-state index contributed by atoms with van der Waals surface area (Å²) in [4.78, 5) is 16.2. The molecule has 98 valence electrons. The average molecular weight is 276 g/mol. The lowest BCUT2D eigenvalue weighted by atomic mass is 10.1. The summed E-state index contributed by atoms with van der Waals surface area (Å²) in [6, 6.07) is 10.2. The van der Waals surface area contributed by atoms with E-state index in [1.54, 1.807) is 24.4 Å². The summed E-state index contributed by atoms with van der Waals surface area (Å²) >= 11 is 5.89. The number of benzene rings is 1. The second-order valence-electron chi connectivity index (χ2n) is 4.19. The topological polar surface area (TPSA) is 68.0 Å². The third-order valence-corrected chi connectivity index (χ3v) is 3.07. The summed E-state index contributed by atoms with van der Waals surface area (Å²) in [5, 5.41) is 3.23. The highest BCUT2D eigenvalue weighted by Crippen LogP contribution is 2.20. The summed E-state index contributed by atoms with van der Waals surface area (Å²) in [5.41, 5.74) is 7.34. The maximum atomic E-state index is 12.1. The van der Waals surface area contributed by atoms with E-state index in [0.717, 1.165) is 5.69 Å². The lowest BCUT2D eigenvalue weighted by Crippen LogP contribution is -2.27. The number of carbonyl (C=O) groups excluding carboxylic acids is 1. The van der Waals surface area contributed by atoms with Crippen molar-refractivity contribution in [2.45, 2.75) is 13.0 Å². The van der Waals surface area contributed by atoms with E-state index in [2.05, 4.69) is 10.3 Å². The fourth-order valence-electron chi connectivity index (χ4n) is 1.65. The number of anilines is 1. The van der Waals surface area contributed by atoms with Crippen LogP contribution in [0.5, 0.6) is 0 Å². The quantitative estimate of drug-likeness (QED) is 0.847. The highest BCUT2D eigenvalue weighted by atomic mass is 35.5. The fraction of sp³-hybridized carbons (Fsp3) is 0.143. The minimum Gasteiger partial charge on any atom is -0.398 e. The van der Waals surface area contributed by atoms with Gasteiger partial charge in [0.15, 0.2) is 0 Å². The predicted molar refractivity (Wildman–Crippen MR) is 76.0 cm³/mol. The number of hydrogen-bond donors (Lipinski definition) is 2. The standard InChI is InChI=1S/C14H14ClN3O/c1-9(13-4-2-3-7-17-13)18-14(19)10-5-6-12(16)11(15)8-10/h2-9H,16H2,1H3,(H,18,19)/t9-/m1/s1. The summed E-state index contributed by atoms with van der Waals surface area (Å²) in [5.74, 6) is -0.208. The van der Waals surface area contributed by atoms with Crippen molar-refractivity contribution in [2.24, 2.45) is 0 Å². The van der Waals surface area contributed by atoms with Gasteiger partial charge in [0.05, 0.1) is 22.4 Å². The van der Waals surface area contributed by atoms with Crippen LogP contribution in [0.25, 0.3) is 0 Å². The van der Waals surface area contributed by atoms with Gasteiger partial charge >= 0.3 is 0 Å². The third kappa shape index (κ3) is 3.23. The summed E-state index contributed by atoms with van der Waals surface area (Å²) in [6.45, 7) is 1.87. The lowest BCUT2D eigenvalue weighted by Gasteiger charge is -2.13. The van der Waals surface area contributed by atoms with Crippen molar-refractivity contribution in [3.63, 3.8) is 0 Å². The number of rotatable bonds is 3. The molecule has 5 heteroatoms. The molecule has 0 bridgehead atoms. The molecule has 4 nitrogen and oxygen atoms in total. The van der Waals surface area contributed by atoms with E-state index in [-0.39, 0.29) is 11.9 Å². The van der Waals surface area contributed by atoms with Crippen LogP contribution >= 0.6 is 11.6 Å². The first kappa shape index (κ1) is 13.4. The molecule has 0 unspecified atom stereocenters. The van der Waals surface area contributed by atoms with Crippen molar-refractivity contribution >= 4 is 23.2 Å². The number of nitrogens with one attached hydrogen (secondary N) is 1. The number of nitrogens with zero attached hydrogens (tertiary/aromatic N) is 1. The van der Waals surface area contributed by atoms with Crippen molar-refractivity contribution in [3.05, 3.63) is 58.9 Å². The Bertz CT molecular complexity index is 586. The van der Waals surface area contributed by atoms with Gasteiger partial charge in [-0.25, -0.2) is 0 Å². The van der Waals surface area contributed by atoms with Crippen LogP contribution in [0.2, 0.25) is 5.02 Å². The van der Waals surface area contributed by atoms with Gasteiger partial charge in [0.2, 0.25) is 0 Å². The Hall–Kier alpha value is -2.07. The molecule has 19 heavy (non-hydrogen) atoms. The molecule has 3 N–H and O–H groups in total. The molecule has 1 heterocycles. The molecular formula is C14H14ClN3O. The molecule has 0 saturated heterocycles. The number of pyridine rings is 1. The summed E-state index contributed by atoms with van der Waals surface area (Å²) < 4.78 is 0. The number of aromatic nitrogens is 1. The van der Waals surface area contributed by atoms with E-state index in [9.17, 15) is 4.79 Å². The van der Waals surface area contributed by atoms with Gasteiger partial charge in [-0.05, 0) is 37.3 Å². The first-order chi connectivity index (χ1) is 9.08. The number of halogens is 1. The summed E-state index contributed by atoms with van der Waals surface area (Å²) in [6.07, 6.45) is 1.69. The van der Waals surface area contributed by atoms with E-state index in [1.807, 2.05) is 25.1 Å². The average Bonchev–Trinajstić information content (AvgIpc) is 2.42. The Kier molecular flexibility index (Phi) is 4.02. The second-order valence-corrected chi connectivity index (χ2v) is 4.59. The van der Waals surface area contributed by atoms with Crippen LogP contribution in [-0.2, 0) is 0 Å².